The Kier molecular flexibility index (Phi) is 41.0. The van der Waals surface area contributed by atoms with Gasteiger partial charge in [0.25, 0.3) is 0 Å². The molecule has 0 aliphatic rings. The van der Waals surface area contributed by atoms with Crippen molar-refractivity contribution in [2.75, 3.05) is 41.0 Å². The number of aliphatic carboxylic acids is 1. The van der Waals surface area contributed by atoms with Gasteiger partial charge in [0.2, 0.25) is 0 Å². The number of nitrogens with zero attached hydrogens (tertiary/aromatic N) is 1. The lowest BCUT2D eigenvalue weighted by Gasteiger charge is -2.31. The summed E-state index contributed by atoms with van der Waals surface area (Å²) in [7, 11) is 5.53. The van der Waals surface area contributed by atoms with Crippen LogP contribution >= 0.6 is 0 Å². The smallest absolute Gasteiger partial charge is 0.362 e. The minimum Gasteiger partial charge on any atom is -0.477 e. The zero-order valence-electron chi connectivity index (χ0n) is 39.7. The second kappa shape index (κ2) is 43.0. The Labute approximate surface area is 369 Å². The topological polar surface area (TPSA) is 99.1 Å². The third-order valence-electron chi connectivity index (χ3n) is 11.0. The summed E-state index contributed by atoms with van der Waals surface area (Å²) < 4.78 is 17.3. The van der Waals surface area contributed by atoms with Crippen LogP contribution in [0, 0.1) is 0 Å². The Balaban J connectivity index is 4.27. The first-order chi connectivity index (χ1) is 29.1. The molecule has 0 radical (unpaired) electrons. The number of carbonyl (C=O) groups is 3. The molecule has 1 N–H and O–H groups in total. The highest BCUT2D eigenvalue weighted by Crippen LogP contribution is 2.15. The van der Waals surface area contributed by atoms with E-state index in [2.05, 4.69) is 62.5 Å². The van der Waals surface area contributed by atoms with Crippen molar-refractivity contribution in [3.63, 3.8) is 0 Å². The fourth-order valence-electron chi connectivity index (χ4n) is 7.16. The summed E-state index contributed by atoms with van der Waals surface area (Å²) in [5.74, 6) is -1.48. The second-order valence-corrected chi connectivity index (χ2v) is 17.7. The number of carboxylic acid groups (broad SMARTS) is 1. The normalized spacial score (nSPS) is 13.3. The lowest BCUT2D eigenvalue weighted by atomic mass is 10.1. The molecule has 8 heteroatoms. The summed E-state index contributed by atoms with van der Waals surface area (Å²) in [4.78, 5) is 37.1. The fraction of sp³-hybridized carbons (Fsp3) is 0.788. The van der Waals surface area contributed by atoms with Gasteiger partial charge in [-0.1, -0.05) is 172 Å². The summed E-state index contributed by atoms with van der Waals surface area (Å²) in [6.45, 7) is 4.63. The lowest BCUT2D eigenvalue weighted by Crippen LogP contribution is -2.50. The SMILES string of the molecule is CC/C=C\C/C=C\C/C=C\CCCCCCCCCC(=O)OC(COCCC(C(=O)O)[N+](C)(C)C)COC(=O)CCCCCCCCCCC/C=C\CCCCCCCC. The molecule has 0 bridgehead atoms. The van der Waals surface area contributed by atoms with Gasteiger partial charge < -0.3 is 23.8 Å². The molecular weight excluding hydrogens is 751 g/mol. The molecule has 0 aromatic rings. The predicted molar refractivity (Wildman–Crippen MR) is 252 cm³/mol. The summed E-state index contributed by atoms with van der Waals surface area (Å²) in [5, 5.41) is 9.64. The number of ether oxygens (including phenoxy) is 3. The van der Waals surface area contributed by atoms with E-state index in [9.17, 15) is 19.5 Å². The number of carboxylic acids is 1. The summed E-state index contributed by atoms with van der Waals surface area (Å²) in [6, 6.07) is -0.617. The van der Waals surface area contributed by atoms with E-state index in [1.807, 2.05) is 21.1 Å². The van der Waals surface area contributed by atoms with Gasteiger partial charge in [0.1, 0.15) is 6.61 Å². The summed E-state index contributed by atoms with van der Waals surface area (Å²) >= 11 is 0. The van der Waals surface area contributed by atoms with Crippen molar-refractivity contribution >= 4 is 17.9 Å². The van der Waals surface area contributed by atoms with Crippen molar-refractivity contribution in [3.05, 3.63) is 48.6 Å². The number of hydrogen-bond donors (Lipinski definition) is 1. The number of rotatable bonds is 44. The third-order valence-corrected chi connectivity index (χ3v) is 11.0. The van der Waals surface area contributed by atoms with Crippen molar-refractivity contribution in [1.82, 2.24) is 0 Å². The monoisotopic (exact) mass is 845 g/mol. The molecule has 2 atom stereocenters. The molecule has 60 heavy (non-hydrogen) atoms. The molecule has 0 fully saturated rings. The number of quaternary nitrogens is 1. The summed E-state index contributed by atoms with van der Waals surface area (Å²) in [6.07, 6.45) is 51.5. The molecule has 348 valence electrons. The van der Waals surface area contributed by atoms with Crippen LogP contribution in [-0.2, 0) is 28.6 Å². The molecule has 0 saturated heterocycles. The van der Waals surface area contributed by atoms with Crippen molar-refractivity contribution in [1.29, 1.82) is 0 Å². The van der Waals surface area contributed by atoms with Gasteiger partial charge in [0, 0.05) is 19.3 Å². The largest absolute Gasteiger partial charge is 0.477 e. The van der Waals surface area contributed by atoms with Crippen LogP contribution < -0.4 is 0 Å². The standard InChI is InChI=1S/C52H93NO7/c1-6-8-10-12-14-16-18-20-22-24-25-27-28-30-32-34-36-38-40-42-50(54)59-47-48(46-58-45-44-49(52(56)57)53(3,4)5)60-51(55)43-41-39-37-35-33-31-29-26-23-21-19-17-15-13-11-9-7-2/h9,11,15,17,20-23,48-49H,6-8,10,12-14,16,18-19,24-47H2,1-5H3/p+1/b11-9-,17-15-,22-20-,23-21-. The summed E-state index contributed by atoms with van der Waals surface area (Å²) in [5.41, 5.74) is 0. The van der Waals surface area contributed by atoms with Crippen LogP contribution in [0.15, 0.2) is 48.6 Å². The maximum atomic E-state index is 12.8. The average Bonchev–Trinajstić information content (AvgIpc) is 3.21. The van der Waals surface area contributed by atoms with Crippen LogP contribution in [0.4, 0.5) is 0 Å². The minimum absolute atomic E-state index is 0.0558. The van der Waals surface area contributed by atoms with E-state index >= 15 is 0 Å². The average molecular weight is 845 g/mol. The first-order valence-electron chi connectivity index (χ1n) is 24.7. The Morgan fingerprint density at radius 3 is 1.40 bits per heavy atom. The predicted octanol–water partition coefficient (Wildman–Crippen LogP) is 14.0. The number of likely N-dealkylation sites (N-methyl/N-ethyl adjacent to an activating group) is 1. The van der Waals surface area contributed by atoms with Crippen LogP contribution in [0.2, 0.25) is 0 Å². The van der Waals surface area contributed by atoms with Crippen molar-refractivity contribution in [3.8, 4) is 0 Å². The molecule has 8 nitrogen and oxygen atoms in total. The molecule has 0 saturated carbocycles. The van der Waals surface area contributed by atoms with E-state index in [-0.39, 0.29) is 36.2 Å². The van der Waals surface area contributed by atoms with E-state index in [0.717, 1.165) is 64.2 Å². The number of hydrogen-bond acceptors (Lipinski definition) is 6. The fourth-order valence-corrected chi connectivity index (χ4v) is 7.16. The van der Waals surface area contributed by atoms with E-state index in [1.165, 1.54) is 116 Å². The molecule has 0 aliphatic heterocycles. The highest BCUT2D eigenvalue weighted by atomic mass is 16.6. The number of unbranched alkanes of at least 4 members (excludes halogenated alkanes) is 22. The van der Waals surface area contributed by atoms with Gasteiger partial charge in [0.15, 0.2) is 12.1 Å². The molecule has 0 heterocycles. The highest BCUT2D eigenvalue weighted by Gasteiger charge is 2.31. The van der Waals surface area contributed by atoms with Gasteiger partial charge in [-0.2, -0.15) is 0 Å². The van der Waals surface area contributed by atoms with E-state index < -0.39 is 18.1 Å². The van der Waals surface area contributed by atoms with E-state index in [4.69, 9.17) is 14.2 Å². The molecule has 2 unspecified atom stereocenters. The second-order valence-electron chi connectivity index (χ2n) is 17.7. The zero-order chi connectivity index (χ0) is 44.2. The van der Waals surface area contributed by atoms with Crippen LogP contribution in [-0.4, -0.2) is 80.6 Å². The molecule has 0 aromatic carbocycles. The first-order valence-corrected chi connectivity index (χ1v) is 24.7. The van der Waals surface area contributed by atoms with Crippen molar-refractivity contribution in [2.45, 2.75) is 225 Å². The van der Waals surface area contributed by atoms with Gasteiger partial charge in [-0.15, -0.1) is 0 Å². The maximum absolute atomic E-state index is 12.8. The Hall–Kier alpha value is -2.71. The highest BCUT2D eigenvalue weighted by molar-refractivity contribution is 5.72. The Morgan fingerprint density at radius 1 is 0.517 bits per heavy atom. The number of carbonyl (C=O) groups excluding carboxylic acids is 2. The molecule has 0 aliphatic carbocycles. The number of esters is 2. The molecule has 0 spiro atoms. The Morgan fingerprint density at radius 2 is 0.933 bits per heavy atom. The van der Waals surface area contributed by atoms with Crippen LogP contribution in [0.5, 0.6) is 0 Å². The van der Waals surface area contributed by atoms with Crippen LogP contribution in [0.1, 0.15) is 213 Å². The molecule has 0 amide bonds. The zero-order valence-corrected chi connectivity index (χ0v) is 39.7. The molecule has 0 aromatic heterocycles. The van der Waals surface area contributed by atoms with Gasteiger partial charge in [-0.05, 0) is 70.6 Å². The molecule has 0 rings (SSSR count). The van der Waals surface area contributed by atoms with Gasteiger partial charge in [-0.3, -0.25) is 9.59 Å². The molecular formula is C52H94NO7+. The van der Waals surface area contributed by atoms with E-state index in [0.29, 0.717) is 19.3 Å². The Bertz CT molecular complexity index is 1120. The van der Waals surface area contributed by atoms with E-state index in [1.54, 1.807) is 0 Å². The number of allylic oxidation sites excluding steroid dienone is 8. The van der Waals surface area contributed by atoms with Gasteiger partial charge in [-0.25, -0.2) is 4.79 Å². The quantitative estimate of drug-likeness (QED) is 0.0282. The van der Waals surface area contributed by atoms with Crippen molar-refractivity contribution in [2.24, 2.45) is 0 Å². The minimum atomic E-state index is -0.877. The van der Waals surface area contributed by atoms with Crippen LogP contribution in [0.3, 0.4) is 0 Å². The van der Waals surface area contributed by atoms with Crippen molar-refractivity contribution < 1.29 is 38.2 Å². The van der Waals surface area contributed by atoms with Gasteiger partial charge in [0.05, 0.1) is 34.4 Å². The van der Waals surface area contributed by atoms with Gasteiger partial charge >= 0.3 is 17.9 Å². The third kappa shape index (κ3) is 40.7. The maximum Gasteiger partial charge on any atom is 0.362 e. The first kappa shape index (κ1) is 57.3. The van der Waals surface area contributed by atoms with Crippen LogP contribution in [0.25, 0.3) is 0 Å². The lowest BCUT2D eigenvalue weighted by molar-refractivity contribution is -0.887.